The van der Waals surface area contributed by atoms with E-state index >= 15 is 0 Å². The van der Waals surface area contributed by atoms with E-state index in [1.165, 1.54) is 11.8 Å². The summed E-state index contributed by atoms with van der Waals surface area (Å²) >= 11 is 0. The van der Waals surface area contributed by atoms with Gasteiger partial charge in [0.1, 0.15) is 17.2 Å². The number of benzene rings is 1. The third-order valence-electron chi connectivity index (χ3n) is 4.55. The Morgan fingerprint density at radius 3 is 2.75 bits per heavy atom. The van der Waals surface area contributed by atoms with Crippen LogP contribution in [0, 0.1) is 6.92 Å². The number of rotatable bonds is 3. The van der Waals surface area contributed by atoms with Gasteiger partial charge < -0.3 is 10.6 Å². The zero-order valence-electron chi connectivity index (χ0n) is 14.1. The molecule has 1 unspecified atom stereocenters. The number of aryl methyl sites for hydroxylation is 1. The lowest BCUT2D eigenvalue weighted by molar-refractivity contribution is 0.0548. The quantitative estimate of drug-likeness (QED) is 0.922. The standard InChI is InChI=1S/C18H23N5O/c1-13-20-11-16(17(19)21-13)18(24)23-9-8-22(2)15(12-23)10-14-6-4-3-5-7-14/h3-7,11,15H,8-10,12H2,1-2H3,(H2,19,20,21). The Morgan fingerprint density at radius 1 is 1.29 bits per heavy atom. The van der Waals surface area contributed by atoms with Crippen molar-refractivity contribution in [1.29, 1.82) is 0 Å². The summed E-state index contributed by atoms with van der Waals surface area (Å²) in [7, 11) is 2.11. The molecule has 6 heteroatoms. The van der Waals surface area contributed by atoms with Crippen LogP contribution in [0.25, 0.3) is 0 Å². The van der Waals surface area contributed by atoms with Crippen LogP contribution in [0.3, 0.4) is 0 Å². The number of carbonyl (C=O) groups is 1. The normalized spacial score (nSPS) is 18.6. The van der Waals surface area contributed by atoms with Crippen molar-refractivity contribution in [2.24, 2.45) is 0 Å². The fourth-order valence-corrected chi connectivity index (χ4v) is 3.06. The first-order chi connectivity index (χ1) is 11.5. The van der Waals surface area contributed by atoms with E-state index in [1.54, 1.807) is 6.92 Å². The van der Waals surface area contributed by atoms with Crippen LogP contribution in [-0.4, -0.2) is 58.4 Å². The molecule has 2 N–H and O–H groups in total. The minimum atomic E-state index is -0.0846. The molecule has 126 valence electrons. The number of carbonyl (C=O) groups excluding carboxylic acids is 1. The summed E-state index contributed by atoms with van der Waals surface area (Å²) in [6.45, 7) is 3.97. The first-order valence-electron chi connectivity index (χ1n) is 8.17. The lowest BCUT2D eigenvalue weighted by atomic mass is 10.0. The Labute approximate surface area is 142 Å². The molecular formula is C18H23N5O. The van der Waals surface area contributed by atoms with Crippen molar-refractivity contribution in [3.8, 4) is 0 Å². The molecule has 1 aromatic carbocycles. The minimum absolute atomic E-state index is 0.0846. The van der Waals surface area contributed by atoms with E-state index in [-0.39, 0.29) is 17.8 Å². The Kier molecular flexibility index (Phi) is 4.76. The second kappa shape index (κ2) is 6.97. The van der Waals surface area contributed by atoms with E-state index < -0.39 is 0 Å². The molecule has 0 spiro atoms. The number of nitrogens with zero attached hydrogens (tertiary/aromatic N) is 4. The second-order valence-corrected chi connectivity index (χ2v) is 6.29. The van der Waals surface area contributed by atoms with Gasteiger partial charge in [-0.15, -0.1) is 0 Å². The van der Waals surface area contributed by atoms with Gasteiger partial charge in [-0.3, -0.25) is 9.69 Å². The highest BCUT2D eigenvalue weighted by Crippen LogP contribution is 2.17. The number of amides is 1. The average Bonchev–Trinajstić information content (AvgIpc) is 2.57. The number of hydrogen-bond donors (Lipinski definition) is 1. The predicted molar refractivity (Wildman–Crippen MR) is 93.6 cm³/mol. The summed E-state index contributed by atoms with van der Waals surface area (Å²) in [6.07, 6.45) is 2.45. The Balaban J connectivity index is 1.73. The molecule has 3 rings (SSSR count). The molecule has 1 aliphatic heterocycles. The number of anilines is 1. The zero-order chi connectivity index (χ0) is 17.1. The highest BCUT2D eigenvalue weighted by Gasteiger charge is 2.29. The van der Waals surface area contributed by atoms with Crippen LogP contribution in [0.5, 0.6) is 0 Å². The van der Waals surface area contributed by atoms with E-state index in [4.69, 9.17) is 5.73 Å². The monoisotopic (exact) mass is 325 g/mol. The number of hydrogen-bond acceptors (Lipinski definition) is 5. The topological polar surface area (TPSA) is 75.4 Å². The van der Waals surface area contributed by atoms with Gasteiger partial charge in [0.25, 0.3) is 5.91 Å². The predicted octanol–water partition coefficient (Wildman–Crippen LogP) is 1.37. The zero-order valence-corrected chi connectivity index (χ0v) is 14.1. The van der Waals surface area contributed by atoms with E-state index in [1.807, 2.05) is 23.1 Å². The first-order valence-corrected chi connectivity index (χ1v) is 8.17. The highest BCUT2D eigenvalue weighted by atomic mass is 16.2. The Hall–Kier alpha value is -2.47. The van der Waals surface area contributed by atoms with Gasteiger partial charge in [-0.25, -0.2) is 9.97 Å². The SMILES string of the molecule is Cc1ncc(C(=O)N2CCN(C)C(Cc3ccccc3)C2)c(N)n1. The van der Waals surface area contributed by atoms with Gasteiger partial charge in [-0.1, -0.05) is 30.3 Å². The van der Waals surface area contributed by atoms with E-state index in [0.29, 0.717) is 24.5 Å². The maximum atomic E-state index is 12.8. The van der Waals surface area contributed by atoms with Crippen LogP contribution in [-0.2, 0) is 6.42 Å². The Bertz CT molecular complexity index is 719. The van der Waals surface area contributed by atoms with E-state index in [9.17, 15) is 4.79 Å². The van der Waals surface area contributed by atoms with Crippen LogP contribution >= 0.6 is 0 Å². The van der Waals surface area contributed by atoms with Gasteiger partial charge in [-0.2, -0.15) is 0 Å². The van der Waals surface area contributed by atoms with Gasteiger partial charge in [0.05, 0.1) is 0 Å². The van der Waals surface area contributed by atoms with Crippen molar-refractivity contribution in [3.05, 3.63) is 53.5 Å². The second-order valence-electron chi connectivity index (χ2n) is 6.29. The molecule has 1 aliphatic rings. The molecule has 2 aromatic rings. The maximum absolute atomic E-state index is 12.8. The largest absolute Gasteiger partial charge is 0.383 e. The van der Waals surface area contributed by atoms with Crippen molar-refractivity contribution in [2.45, 2.75) is 19.4 Å². The summed E-state index contributed by atoms with van der Waals surface area (Å²) in [6, 6.07) is 10.7. The van der Waals surface area contributed by atoms with Crippen molar-refractivity contribution in [3.63, 3.8) is 0 Å². The molecule has 1 atom stereocenters. The molecule has 0 bridgehead atoms. The molecule has 1 fully saturated rings. The van der Waals surface area contributed by atoms with Gasteiger partial charge in [0.2, 0.25) is 0 Å². The summed E-state index contributed by atoms with van der Waals surface area (Å²) < 4.78 is 0. The van der Waals surface area contributed by atoms with Gasteiger partial charge in [0.15, 0.2) is 0 Å². The molecule has 6 nitrogen and oxygen atoms in total. The van der Waals surface area contributed by atoms with Crippen LogP contribution in [0.1, 0.15) is 21.7 Å². The molecule has 1 amide bonds. The average molecular weight is 325 g/mol. The molecular weight excluding hydrogens is 302 g/mol. The van der Waals surface area contributed by atoms with Crippen LogP contribution < -0.4 is 5.73 Å². The number of aromatic nitrogens is 2. The van der Waals surface area contributed by atoms with Crippen molar-refractivity contribution < 1.29 is 4.79 Å². The number of nitrogens with two attached hydrogens (primary N) is 1. The van der Waals surface area contributed by atoms with Gasteiger partial charge >= 0.3 is 0 Å². The third-order valence-corrected chi connectivity index (χ3v) is 4.55. The van der Waals surface area contributed by atoms with E-state index in [0.717, 1.165) is 13.0 Å². The molecule has 0 radical (unpaired) electrons. The lowest BCUT2D eigenvalue weighted by Gasteiger charge is -2.39. The summed E-state index contributed by atoms with van der Waals surface area (Å²) in [4.78, 5) is 25.2. The molecule has 0 aliphatic carbocycles. The van der Waals surface area contributed by atoms with E-state index in [2.05, 4.69) is 34.0 Å². The van der Waals surface area contributed by atoms with Crippen LogP contribution in [0.4, 0.5) is 5.82 Å². The third kappa shape index (κ3) is 3.54. The highest BCUT2D eigenvalue weighted by molar-refractivity contribution is 5.98. The fourth-order valence-electron chi connectivity index (χ4n) is 3.06. The number of nitrogen functional groups attached to an aromatic ring is 1. The van der Waals surface area contributed by atoms with Crippen molar-refractivity contribution >= 4 is 11.7 Å². The molecule has 1 aromatic heterocycles. The van der Waals surface area contributed by atoms with Gasteiger partial charge in [0, 0.05) is 31.9 Å². The lowest BCUT2D eigenvalue weighted by Crippen LogP contribution is -2.54. The molecule has 2 heterocycles. The minimum Gasteiger partial charge on any atom is -0.383 e. The first kappa shape index (κ1) is 16.4. The smallest absolute Gasteiger partial charge is 0.259 e. The van der Waals surface area contributed by atoms with Crippen LogP contribution in [0.15, 0.2) is 36.5 Å². The maximum Gasteiger partial charge on any atom is 0.259 e. The van der Waals surface area contributed by atoms with Crippen molar-refractivity contribution in [1.82, 2.24) is 19.8 Å². The van der Waals surface area contributed by atoms with Crippen molar-refractivity contribution in [2.75, 3.05) is 32.4 Å². The number of likely N-dealkylation sites (N-methyl/N-ethyl adjacent to an activating group) is 1. The molecule has 0 saturated carbocycles. The Morgan fingerprint density at radius 2 is 2.04 bits per heavy atom. The number of piperazine rings is 1. The summed E-state index contributed by atoms with van der Waals surface area (Å²) in [5.41, 5.74) is 7.58. The van der Waals surface area contributed by atoms with Gasteiger partial charge in [-0.05, 0) is 26.0 Å². The summed E-state index contributed by atoms with van der Waals surface area (Å²) in [5.74, 6) is 0.745. The molecule has 24 heavy (non-hydrogen) atoms. The fraction of sp³-hybridized carbons (Fsp3) is 0.389. The molecule has 1 saturated heterocycles. The van der Waals surface area contributed by atoms with Crippen LogP contribution in [0.2, 0.25) is 0 Å². The summed E-state index contributed by atoms with van der Waals surface area (Å²) in [5, 5.41) is 0.